The van der Waals surface area contributed by atoms with Gasteiger partial charge in [-0.15, -0.1) is 11.6 Å². The summed E-state index contributed by atoms with van der Waals surface area (Å²) < 4.78 is 0. The molecule has 0 saturated carbocycles. The fraction of sp³-hybridized carbons (Fsp3) is 0.900. The van der Waals surface area contributed by atoms with Gasteiger partial charge < -0.3 is 10.0 Å². The van der Waals surface area contributed by atoms with Crippen molar-refractivity contribution in [2.24, 2.45) is 0 Å². The molecular weight excluding hydrogens is 202 g/mol. The van der Waals surface area contributed by atoms with Crippen LogP contribution in [0.25, 0.3) is 0 Å². The van der Waals surface area contributed by atoms with Crippen LogP contribution < -0.4 is 0 Å². The number of hydrogen-bond donors (Lipinski definition) is 1. The molecule has 0 radical (unpaired) electrons. The second kappa shape index (κ2) is 6.25. The molecular formula is C10H18ClNO2. The molecule has 1 aliphatic heterocycles. The largest absolute Gasteiger partial charge is 0.396 e. The Morgan fingerprint density at radius 1 is 1.36 bits per heavy atom. The van der Waals surface area contributed by atoms with E-state index in [1.165, 1.54) is 0 Å². The number of rotatable bonds is 6. The average molecular weight is 220 g/mol. The fourth-order valence-corrected chi connectivity index (χ4v) is 2.01. The highest BCUT2D eigenvalue weighted by molar-refractivity contribution is 6.22. The fourth-order valence-electron chi connectivity index (χ4n) is 1.71. The summed E-state index contributed by atoms with van der Waals surface area (Å²) in [6, 6.07) is 0. The molecule has 3 nitrogen and oxygen atoms in total. The molecule has 1 fully saturated rings. The van der Waals surface area contributed by atoms with E-state index in [0.717, 1.165) is 32.2 Å². The molecule has 1 unspecified atom stereocenters. The molecule has 4 heteroatoms. The van der Waals surface area contributed by atoms with Crippen LogP contribution >= 0.6 is 11.6 Å². The maximum absolute atomic E-state index is 11.3. The first-order chi connectivity index (χ1) is 6.74. The zero-order valence-electron chi connectivity index (χ0n) is 8.41. The number of likely N-dealkylation sites (tertiary alicyclic amines) is 1. The van der Waals surface area contributed by atoms with Gasteiger partial charge in [-0.05, 0) is 12.8 Å². The van der Waals surface area contributed by atoms with Crippen molar-refractivity contribution in [2.75, 3.05) is 19.7 Å². The molecule has 14 heavy (non-hydrogen) atoms. The summed E-state index contributed by atoms with van der Waals surface area (Å²) in [7, 11) is 0. The van der Waals surface area contributed by atoms with Gasteiger partial charge in [-0.3, -0.25) is 4.79 Å². The lowest BCUT2D eigenvalue weighted by Gasteiger charge is -2.14. The lowest BCUT2D eigenvalue weighted by atomic mass is 10.2. The Balaban J connectivity index is 2.04. The topological polar surface area (TPSA) is 40.5 Å². The Labute approximate surface area is 90.0 Å². The van der Waals surface area contributed by atoms with Crippen LogP contribution in [0.4, 0.5) is 0 Å². The third-order valence-corrected chi connectivity index (χ3v) is 2.80. The highest BCUT2D eigenvalue weighted by Gasteiger charge is 2.26. The smallest absolute Gasteiger partial charge is 0.224 e. The number of carbonyl (C=O) groups excluding carboxylic acids is 1. The van der Waals surface area contributed by atoms with E-state index in [1.807, 2.05) is 4.90 Å². The zero-order chi connectivity index (χ0) is 10.4. The molecule has 0 spiro atoms. The Bertz CT molecular complexity index is 187. The quantitative estimate of drug-likeness (QED) is 0.542. The van der Waals surface area contributed by atoms with E-state index in [-0.39, 0.29) is 17.9 Å². The summed E-state index contributed by atoms with van der Waals surface area (Å²) in [5.41, 5.74) is 0. The SMILES string of the molecule is O=C1CC(Cl)CN1CCCCCCO. The Hall–Kier alpha value is -0.280. The van der Waals surface area contributed by atoms with E-state index in [9.17, 15) is 4.79 Å². The van der Waals surface area contributed by atoms with Gasteiger partial charge in [0.25, 0.3) is 0 Å². The second-order valence-corrected chi connectivity index (χ2v) is 4.40. The number of unbranched alkanes of at least 4 members (excludes halogenated alkanes) is 3. The molecule has 0 aromatic carbocycles. The molecule has 1 heterocycles. The molecule has 1 amide bonds. The van der Waals surface area contributed by atoms with Crippen LogP contribution in [0.5, 0.6) is 0 Å². The minimum atomic E-state index is 0.0138. The van der Waals surface area contributed by atoms with Gasteiger partial charge >= 0.3 is 0 Å². The Morgan fingerprint density at radius 2 is 2.07 bits per heavy atom. The average Bonchev–Trinajstić information content (AvgIpc) is 2.45. The summed E-state index contributed by atoms with van der Waals surface area (Å²) in [5.74, 6) is 0.187. The van der Waals surface area contributed by atoms with E-state index in [0.29, 0.717) is 13.0 Å². The van der Waals surface area contributed by atoms with E-state index < -0.39 is 0 Å². The summed E-state index contributed by atoms with van der Waals surface area (Å²) in [6.45, 7) is 1.81. The highest BCUT2D eigenvalue weighted by atomic mass is 35.5. The maximum Gasteiger partial charge on any atom is 0.224 e. The summed E-state index contributed by atoms with van der Waals surface area (Å²) in [4.78, 5) is 13.1. The standard InChI is InChI=1S/C10H18ClNO2/c11-9-7-10(14)12(8-9)5-3-1-2-4-6-13/h9,13H,1-8H2. The minimum absolute atomic E-state index is 0.0138. The van der Waals surface area contributed by atoms with Crippen LogP contribution in [0, 0.1) is 0 Å². The molecule has 0 aromatic rings. The number of alkyl halides is 1. The number of nitrogens with zero attached hydrogens (tertiary/aromatic N) is 1. The second-order valence-electron chi connectivity index (χ2n) is 3.78. The molecule has 1 rings (SSSR count). The van der Waals surface area contributed by atoms with Crippen LogP contribution in [0.15, 0.2) is 0 Å². The summed E-state index contributed by atoms with van der Waals surface area (Å²) in [5, 5.41) is 8.59. The van der Waals surface area contributed by atoms with Gasteiger partial charge in [0.1, 0.15) is 0 Å². The third kappa shape index (κ3) is 3.84. The van der Waals surface area contributed by atoms with E-state index >= 15 is 0 Å². The first-order valence-electron chi connectivity index (χ1n) is 5.26. The van der Waals surface area contributed by atoms with Crippen molar-refractivity contribution >= 4 is 17.5 Å². The van der Waals surface area contributed by atoms with Crippen molar-refractivity contribution in [3.05, 3.63) is 0 Å². The molecule has 0 aromatic heterocycles. The Morgan fingerprint density at radius 3 is 2.64 bits per heavy atom. The lowest BCUT2D eigenvalue weighted by Crippen LogP contribution is -2.26. The van der Waals surface area contributed by atoms with Crippen molar-refractivity contribution < 1.29 is 9.90 Å². The van der Waals surface area contributed by atoms with Gasteiger partial charge in [-0.1, -0.05) is 12.8 Å². The first-order valence-corrected chi connectivity index (χ1v) is 5.70. The van der Waals surface area contributed by atoms with Gasteiger partial charge in [-0.25, -0.2) is 0 Å². The van der Waals surface area contributed by atoms with Crippen LogP contribution in [0.2, 0.25) is 0 Å². The third-order valence-electron chi connectivity index (χ3n) is 2.50. The minimum Gasteiger partial charge on any atom is -0.396 e. The molecule has 1 saturated heterocycles. The number of amides is 1. The molecule has 1 aliphatic rings. The number of aliphatic hydroxyl groups is 1. The Kier molecular flexibility index (Phi) is 5.26. The van der Waals surface area contributed by atoms with Gasteiger partial charge in [0.15, 0.2) is 0 Å². The number of aliphatic hydroxyl groups excluding tert-OH is 1. The van der Waals surface area contributed by atoms with Gasteiger partial charge in [0.2, 0.25) is 5.91 Å². The van der Waals surface area contributed by atoms with Crippen molar-refractivity contribution in [1.29, 1.82) is 0 Å². The van der Waals surface area contributed by atoms with Crippen LogP contribution in [0.3, 0.4) is 0 Å². The summed E-state index contributed by atoms with van der Waals surface area (Å²) in [6.07, 6.45) is 4.51. The highest BCUT2D eigenvalue weighted by Crippen LogP contribution is 2.16. The monoisotopic (exact) mass is 219 g/mol. The predicted molar refractivity (Wildman–Crippen MR) is 56.4 cm³/mol. The number of hydrogen-bond acceptors (Lipinski definition) is 2. The number of halogens is 1. The van der Waals surface area contributed by atoms with Crippen molar-refractivity contribution in [3.63, 3.8) is 0 Å². The van der Waals surface area contributed by atoms with Crippen molar-refractivity contribution in [1.82, 2.24) is 4.90 Å². The number of carbonyl (C=O) groups is 1. The molecule has 1 atom stereocenters. The van der Waals surface area contributed by atoms with Crippen LogP contribution in [0.1, 0.15) is 32.1 Å². The van der Waals surface area contributed by atoms with Gasteiger partial charge in [-0.2, -0.15) is 0 Å². The maximum atomic E-state index is 11.3. The summed E-state index contributed by atoms with van der Waals surface area (Å²) >= 11 is 5.87. The van der Waals surface area contributed by atoms with Crippen molar-refractivity contribution in [2.45, 2.75) is 37.5 Å². The molecule has 82 valence electrons. The van der Waals surface area contributed by atoms with Gasteiger partial charge in [0, 0.05) is 26.1 Å². The van der Waals surface area contributed by atoms with Gasteiger partial charge in [0.05, 0.1) is 5.38 Å². The lowest BCUT2D eigenvalue weighted by molar-refractivity contribution is -0.127. The normalized spacial score (nSPS) is 22.0. The first kappa shape index (κ1) is 11.8. The predicted octanol–water partition coefficient (Wildman–Crippen LogP) is 1.38. The van der Waals surface area contributed by atoms with Crippen LogP contribution in [-0.4, -0.2) is 41.0 Å². The molecule has 1 N–H and O–H groups in total. The van der Waals surface area contributed by atoms with Crippen molar-refractivity contribution in [3.8, 4) is 0 Å². The molecule has 0 bridgehead atoms. The van der Waals surface area contributed by atoms with E-state index in [2.05, 4.69) is 0 Å². The van der Waals surface area contributed by atoms with E-state index in [1.54, 1.807) is 0 Å². The van der Waals surface area contributed by atoms with Crippen LogP contribution in [-0.2, 0) is 4.79 Å². The zero-order valence-corrected chi connectivity index (χ0v) is 9.17. The van der Waals surface area contributed by atoms with E-state index in [4.69, 9.17) is 16.7 Å². The molecule has 0 aliphatic carbocycles.